The summed E-state index contributed by atoms with van der Waals surface area (Å²) in [6.45, 7) is 4.51. The maximum atomic E-state index is 13.3. The quantitative estimate of drug-likeness (QED) is 0.457. The zero-order valence-corrected chi connectivity index (χ0v) is 20.1. The van der Waals surface area contributed by atoms with Crippen molar-refractivity contribution in [2.45, 2.75) is 38.3 Å². The van der Waals surface area contributed by atoms with E-state index in [-0.39, 0.29) is 18.1 Å². The van der Waals surface area contributed by atoms with Gasteiger partial charge >= 0.3 is 0 Å². The summed E-state index contributed by atoms with van der Waals surface area (Å²) >= 11 is 1.64. The average Bonchev–Trinajstić information content (AvgIpc) is 3.62. The number of hydrogen-bond donors (Lipinski definition) is 0. The van der Waals surface area contributed by atoms with Gasteiger partial charge in [0.1, 0.15) is 17.9 Å². The van der Waals surface area contributed by atoms with Crippen molar-refractivity contribution in [2.75, 3.05) is 26.2 Å². The highest BCUT2D eigenvalue weighted by molar-refractivity contribution is 7.12. The van der Waals surface area contributed by atoms with Crippen molar-refractivity contribution in [2.24, 2.45) is 5.10 Å². The van der Waals surface area contributed by atoms with Crippen molar-refractivity contribution in [3.63, 3.8) is 0 Å². The normalized spacial score (nSPS) is 19.3. The summed E-state index contributed by atoms with van der Waals surface area (Å²) < 4.78 is 17.6. The molecule has 8 heteroatoms. The molecule has 178 valence electrons. The second kappa shape index (κ2) is 10.4. The minimum atomic E-state index is -0.199. The third kappa shape index (κ3) is 5.03. The second-order valence-electron chi connectivity index (χ2n) is 8.47. The maximum Gasteiger partial charge on any atom is 0.257 e. The Morgan fingerprint density at radius 1 is 1.12 bits per heavy atom. The van der Waals surface area contributed by atoms with E-state index < -0.39 is 0 Å². The lowest BCUT2D eigenvalue weighted by atomic mass is 10.1. The van der Waals surface area contributed by atoms with Crippen LogP contribution in [0.4, 0.5) is 0 Å². The predicted octanol–water partition coefficient (Wildman–Crippen LogP) is 4.96. The number of amides is 1. The van der Waals surface area contributed by atoms with Gasteiger partial charge in [0.2, 0.25) is 0 Å². The highest BCUT2D eigenvalue weighted by atomic mass is 32.1. The molecule has 1 atom stereocenters. The molecule has 0 saturated carbocycles. The van der Waals surface area contributed by atoms with E-state index in [1.807, 2.05) is 60.8 Å². The lowest BCUT2D eigenvalue weighted by Gasteiger charge is -2.33. The van der Waals surface area contributed by atoms with Crippen LogP contribution in [0.1, 0.15) is 42.9 Å². The molecular formula is C26H29N3O4S. The van der Waals surface area contributed by atoms with Crippen LogP contribution in [0.5, 0.6) is 11.5 Å². The number of furan rings is 1. The highest BCUT2D eigenvalue weighted by Gasteiger charge is 2.36. The number of rotatable bonds is 8. The van der Waals surface area contributed by atoms with E-state index in [2.05, 4.69) is 4.90 Å². The Hall–Kier alpha value is -3.10. The molecule has 34 heavy (non-hydrogen) atoms. The molecule has 2 aliphatic rings. The number of likely N-dealkylation sites (tertiary alicyclic amines) is 1. The molecule has 4 heterocycles. The van der Waals surface area contributed by atoms with Crippen molar-refractivity contribution < 1.29 is 18.7 Å². The fourth-order valence-electron chi connectivity index (χ4n) is 4.49. The Morgan fingerprint density at radius 3 is 2.65 bits per heavy atom. The minimum Gasteiger partial charge on any atom is -0.490 e. The summed E-state index contributed by atoms with van der Waals surface area (Å²) in [6.07, 6.45) is 4.14. The summed E-state index contributed by atoms with van der Waals surface area (Å²) in [5, 5.41) is 8.37. The number of hydrogen-bond acceptors (Lipinski definition) is 7. The Morgan fingerprint density at radius 2 is 1.94 bits per heavy atom. The monoisotopic (exact) mass is 479 g/mol. The number of piperidine rings is 1. The van der Waals surface area contributed by atoms with Crippen LogP contribution in [-0.2, 0) is 4.79 Å². The first-order chi connectivity index (χ1) is 16.7. The zero-order valence-electron chi connectivity index (χ0n) is 19.3. The molecule has 2 aromatic heterocycles. The van der Waals surface area contributed by atoms with Gasteiger partial charge < -0.3 is 13.9 Å². The van der Waals surface area contributed by atoms with Crippen LogP contribution in [0.15, 0.2) is 69.7 Å². The van der Waals surface area contributed by atoms with Crippen molar-refractivity contribution >= 4 is 23.0 Å². The van der Waals surface area contributed by atoms with Crippen molar-refractivity contribution in [3.8, 4) is 11.5 Å². The first-order valence-corrected chi connectivity index (χ1v) is 12.7. The van der Waals surface area contributed by atoms with Gasteiger partial charge in [0.05, 0.1) is 30.0 Å². The maximum absolute atomic E-state index is 13.3. The molecule has 7 nitrogen and oxygen atoms in total. The molecule has 0 radical (unpaired) electrons. The lowest BCUT2D eigenvalue weighted by molar-refractivity contribution is -0.135. The Kier molecular flexibility index (Phi) is 6.97. The first-order valence-electron chi connectivity index (χ1n) is 11.8. The number of thiophene rings is 1. The van der Waals surface area contributed by atoms with Crippen LogP contribution < -0.4 is 9.47 Å². The van der Waals surface area contributed by atoms with E-state index in [1.54, 1.807) is 22.6 Å². The molecule has 1 saturated heterocycles. The number of benzene rings is 1. The molecule has 0 bridgehead atoms. The summed E-state index contributed by atoms with van der Waals surface area (Å²) in [5.74, 6) is 2.32. The fraction of sp³-hybridized carbons (Fsp3) is 0.385. The third-order valence-electron chi connectivity index (χ3n) is 6.18. The minimum absolute atomic E-state index is 0.00554. The van der Waals surface area contributed by atoms with E-state index in [4.69, 9.17) is 19.0 Å². The smallest absolute Gasteiger partial charge is 0.257 e. The summed E-state index contributed by atoms with van der Waals surface area (Å²) in [7, 11) is 0. The Bertz CT molecular complexity index is 1110. The summed E-state index contributed by atoms with van der Waals surface area (Å²) in [6, 6.07) is 15.4. The molecule has 1 unspecified atom stereocenters. The van der Waals surface area contributed by atoms with E-state index in [0.717, 1.165) is 53.8 Å². The molecule has 0 N–H and O–H groups in total. The van der Waals surface area contributed by atoms with E-state index in [9.17, 15) is 4.79 Å². The van der Waals surface area contributed by atoms with Gasteiger partial charge in [-0.3, -0.25) is 9.69 Å². The second-order valence-corrected chi connectivity index (χ2v) is 9.42. The molecule has 1 fully saturated rings. The van der Waals surface area contributed by atoms with Gasteiger partial charge in [0.25, 0.3) is 5.91 Å². The topological polar surface area (TPSA) is 67.5 Å². The number of carbonyl (C=O) groups excluding carboxylic acids is 1. The Labute approximate surface area is 203 Å². The van der Waals surface area contributed by atoms with E-state index in [0.29, 0.717) is 19.6 Å². The molecule has 1 aromatic carbocycles. The fourth-order valence-corrected chi connectivity index (χ4v) is 5.21. The molecule has 0 aliphatic carbocycles. The van der Waals surface area contributed by atoms with Crippen LogP contribution >= 0.6 is 11.3 Å². The van der Waals surface area contributed by atoms with Crippen molar-refractivity contribution in [1.29, 1.82) is 0 Å². The van der Waals surface area contributed by atoms with Gasteiger partial charge in [-0.2, -0.15) is 5.10 Å². The van der Waals surface area contributed by atoms with Crippen LogP contribution in [0, 0.1) is 0 Å². The van der Waals surface area contributed by atoms with Gasteiger partial charge in [-0.25, -0.2) is 5.01 Å². The van der Waals surface area contributed by atoms with Crippen molar-refractivity contribution in [3.05, 3.63) is 70.8 Å². The number of nitrogens with zero attached hydrogens (tertiary/aromatic N) is 3. The zero-order chi connectivity index (χ0) is 23.3. The van der Waals surface area contributed by atoms with Gasteiger partial charge in [-0.1, -0.05) is 18.2 Å². The molecule has 2 aliphatic heterocycles. The third-order valence-corrected chi connectivity index (χ3v) is 7.10. The molecule has 3 aromatic rings. The number of para-hydroxylation sites is 2. The standard InChI is InChI=1S/C26H29N3O4S/c1-2-31-23-7-3-4-8-24(23)33-19-11-13-28(14-12-19)18-26(30)29-21(22-9-5-15-32-22)17-20(27-29)25-10-6-16-34-25/h3-10,15-16,19,21H,2,11-14,17-18H2,1H3. The Balaban J connectivity index is 1.20. The van der Waals surface area contributed by atoms with Crippen LogP contribution in [0.3, 0.4) is 0 Å². The number of hydrazone groups is 1. The van der Waals surface area contributed by atoms with Gasteiger partial charge in [0, 0.05) is 19.5 Å². The molecular weight excluding hydrogens is 450 g/mol. The van der Waals surface area contributed by atoms with E-state index in [1.165, 1.54) is 0 Å². The van der Waals surface area contributed by atoms with Gasteiger partial charge in [-0.05, 0) is 55.5 Å². The predicted molar refractivity (Wildman–Crippen MR) is 131 cm³/mol. The lowest BCUT2D eigenvalue weighted by Crippen LogP contribution is -2.44. The average molecular weight is 480 g/mol. The van der Waals surface area contributed by atoms with Crippen LogP contribution in [-0.4, -0.2) is 53.9 Å². The molecule has 0 spiro atoms. The summed E-state index contributed by atoms with van der Waals surface area (Å²) in [5.41, 5.74) is 0.935. The van der Waals surface area contributed by atoms with Crippen LogP contribution in [0.2, 0.25) is 0 Å². The first kappa shape index (κ1) is 22.7. The SMILES string of the molecule is CCOc1ccccc1OC1CCN(CC(=O)N2N=C(c3cccs3)CC2c2ccco2)CC1. The summed E-state index contributed by atoms with van der Waals surface area (Å²) in [4.78, 5) is 16.6. The molecule has 1 amide bonds. The van der Waals surface area contributed by atoms with E-state index >= 15 is 0 Å². The van der Waals surface area contributed by atoms with Gasteiger partial charge in [0.15, 0.2) is 11.5 Å². The van der Waals surface area contributed by atoms with Crippen molar-refractivity contribution in [1.82, 2.24) is 9.91 Å². The number of ether oxygens (including phenoxy) is 2. The highest BCUT2D eigenvalue weighted by Crippen LogP contribution is 2.34. The largest absolute Gasteiger partial charge is 0.490 e. The van der Waals surface area contributed by atoms with Crippen LogP contribution in [0.25, 0.3) is 0 Å². The molecule has 5 rings (SSSR count). The number of carbonyl (C=O) groups is 1. The van der Waals surface area contributed by atoms with Gasteiger partial charge in [-0.15, -0.1) is 11.3 Å².